The maximum atomic E-state index is 12.3. The molecule has 2 heterocycles. The lowest BCUT2D eigenvalue weighted by atomic mass is 9.94. The fourth-order valence-electron chi connectivity index (χ4n) is 3.33. The number of benzene rings is 2. The molecule has 148 valence electrons. The highest BCUT2D eigenvalue weighted by Gasteiger charge is 2.34. The van der Waals surface area contributed by atoms with Crippen LogP contribution >= 0.6 is 27.5 Å². The van der Waals surface area contributed by atoms with Crippen LogP contribution in [0.1, 0.15) is 24.1 Å². The van der Waals surface area contributed by atoms with Crippen LogP contribution in [0.2, 0.25) is 5.02 Å². The molecule has 1 aliphatic rings. The quantitative estimate of drug-likeness (QED) is 0.582. The highest BCUT2D eigenvalue weighted by atomic mass is 79.9. The first-order valence-corrected chi connectivity index (χ1v) is 9.95. The molecule has 1 atom stereocenters. The van der Waals surface area contributed by atoms with Gasteiger partial charge in [0.05, 0.1) is 5.57 Å². The van der Waals surface area contributed by atoms with E-state index in [2.05, 4.69) is 31.3 Å². The second-order valence-electron chi connectivity index (χ2n) is 6.52. The summed E-state index contributed by atoms with van der Waals surface area (Å²) >= 11 is 9.76. The zero-order valence-corrected chi connectivity index (χ0v) is 17.7. The van der Waals surface area contributed by atoms with Gasteiger partial charge in [0.2, 0.25) is 11.9 Å². The molecule has 7 nitrogen and oxygen atoms in total. The lowest BCUT2D eigenvalue weighted by Gasteiger charge is -2.29. The average molecular weight is 475 g/mol. The van der Waals surface area contributed by atoms with E-state index in [0.29, 0.717) is 28.0 Å². The van der Waals surface area contributed by atoms with Crippen molar-refractivity contribution in [3.63, 3.8) is 0 Å². The molecule has 3 aromatic rings. The van der Waals surface area contributed by atoms with Gasteiger partial charge in [0, 0.05) is 26.3 Å². The molecule has 0 aliphatic carbocycles. The minimum atomic E-state index is -0.579. The number of nitrogens with zero attached hydrogens (tertiary/aromatic N) is 3. The third-order valence-corrected chi connectivity index (χ3v) is 5.53. The summed E-state index contributed by atoms with van der Waals surface area (Å²) in [6, 6.07) is 12.5. The van der Waals surface area contributed by atoms with E-state index in [1.807, 2.05) is 42.5 Å². The van der Waals surface area contributed by atoms with Crippen molar-refractivity contribution in [2.24, 2.45) is 5.73 Å². The molecule has 0 fully saturated rings. The van der Waals surface area contributed by atoms with Gasteiger partial charge in [-0.1, -0.05) is 45.7 Å². The van der Waals surface area contributed by atoms with Crippen LogP contribution in [-0.4, -0.2) is 20.7 Å². The van der Waals surface area contributed by atoms with Crippen molar-refractivity contribution in [1.29, 1.82) is 0 Å². The van der Waals surface area contributed by atoms with Crippen LogP contribution in [0, 0.1) is 0 Å². The molecule has 1 amide bonds. The number of primary amides is 1. The molecular weight excluding hydrogens is 458 g/mol. The maximum absolute atomic E-state index is 12.3. The van der Waals surface area contributed by atoms with Crippen LogP contribution in [0.4, 0.5) is 5.95 Å². The summed E-state index contributed by atoms with van der Waals surface area (Å²) in [7, 11) is 0. The number of fused-ring (bicyclic) bond motifs is 1. The highest BCUT2D eigenvalue weighted by molar-refractivity contribution is 9.10. The number of nitrogens with one attached hydrogen (secondary N) is 1. The second-order valence-corrected chi connectivity index (χ2v) is 7.84. The molecule has 0 spiro atoms. The third-order valence-electron chi connectivity index (χ3n) is 4.67. The lowest BCUT2D eigenvalue weighted by Crippen LogP contribution is -2.32. The van der Waals surface area contributed by atoms with E-state index in [1.54, 1.807) is 11.6 Å². The minimum Gasteiger partial charge on any atom is -0.488 e. The van der Waals surface area contributed by atoms with Gasteiger partial charge in [0.25, 0.3) is 0 Å². The Labute approximate surface area is 180 Å². The fraction of sp³-hybridized carbons (Fsp3) is 0.150. The molecule has 0 saturated heterocycles. The number of rotatable bonds is 5. The number of aromatic nitrogens is 3. The molecule has 0 saturated carbocycles. The van der Waals surface area contributed by atoms with E-state index in [1.165, 1.54) is 6.33 Å². The molecular formula is C20H17BrClN5O2. The van der Waals surface area contributed by atoms with Gasteiger partial charge < -0.3 is 15.8 Å². The first kappa shape index (κ1) is 19.5. The fourth-order valence-corrected chi connectivity index (χ4v) is 3.90. The summed E-state index contributed by atoms with van der Waals surface area (Å²) in [6.07, 6.45) is 1.43. The van der Waals surface area contributed by atoms with E-state index in [9.17, 15) is 4.79 Å². The first-order chi connectivity index (χ1) is 14.0. The summed E-state index contributed by atoms with van der Waals surface area (Å²) in [5.74, 6) is 0.570. The zero-order valence-electron chi connectivity index (χ0n) is 15.4. The largest absolute Gasteiger partial charge is 0.488 e. The van der Waals surface area contributed by atoms with Crippen molar-refractivity contribution in [3.05, 3.63) is 80.7 Å². The monoisotopic (exact) mass is 473 g/mol. The molecule has 0 bridgehead atoms. The topological polar surface area (TPSA) is 95.1 Å². The molecule has 0 radical (unpaired) electrons. The third kappa shape index (κ3) is 3.73. The number of carbonyl (C=O) groups is 1. The van der Waals surface area contributed by atoms with Crippen molar-refractivity contribution in [2.45, 2.75) is 19.6 Å². The Bertz CT molecular complexity index is 1130. The predicted molar refractivity (Wildman–Crippen MR) is 114 cm³/mol. The zero-order chi connectivity index (χ0) is 20.5. The van der Waals surface area contributed by atoms with Crippen molar-refractivity contribution in [2.75, 3.05) is 5.32 Å². The van der Waals surface area contributed by atoms with Crippen LogP contribution in [0.3, 0.4) is 0 Å². The molecule has 29 heavy (non-hydrogen) atoms. The number of amides is 1. The molecule has 3 N–H and O–H groups in total. The molecule has 4 rings (SSSR count). The van der Waals surface area contributed by atoms with Gasteiger partial charge in [-0.25, -0.2) is 4.68 Å². The number of hydrogen-bond donors (Lipinski definition) is 2. The van der Waals surface area contributed by atoms with Gasteiger partial charge >= 0.3 is 0 Å². The van der Waals surface area contributed by atoms with Gasteiger partial charge in [-0.2, -0.15) is 10.1 Å². The molecule has 9 heteroatoms. The van der Waals surface area contributed by atoms with Crippen LogP contribution < -0.4 is 15.8 Å². The molecule has 1 unspecified atom stereocenters. The van der Waals surface area contributed by atoms with Crippen molar-refractivity contribution < 1.29 is 9.53 Å². The van der Waals surface area contributed by atoms with E-state index in [0.717, 1.165) is 15.6 Å². The van der Waals surface area contributed by atoms with Crippen molar-refractivity contribution in [3.8, 4) is 5.75 Å². The number of carbonyl (C=O) groups excluding carboxylic acids is 1. The number of hydrogen-bond acceptors (Lipinski definition) is 5. The Kier molecular flexibility index (Phi) is 5.29. The van der Waals surface area contributed by atoms with Gasteiger partial charge in [-0.3, -0.25) is 4.79 Å². The van der Waals surface area contributed by atoms with Crippen LogP contribution in [0.25, 0.3) is 0 Å². The van der Waals surface area contributed by atoms with E-state index in [-0.39, 0.29) is 6.61 Å². The molecule has 2 aromatic carbocycles. The minimum absolute atomic E-state index is 0.276. The summed E-state index contributed by atoms with van der Waals surface area (Å²) in [6.45, 7) is 2.06. The Morgan fingerprint density at radius 2 is 2.14 bits per heavy atom. The van der Waals surface area contributed by atoms with E-state index in [4.69, 9.17) is 22.1 Å². The Balaban J connectivity index is 1.79. The summed E-state index contributed by atoms with van der Waals surface area (Å²) in [5.41, 5.74) is 8.32. The highest BCUT2D eigenvalue weighted by Crippen LogP contribution is 2.40. The maximum Gasteiger partial charge on any atom is 0.248 e. The number of anilines is 1. The predicted octanol–water partition coefficient (Wildman–Crippen LogP) is 4.05. The van der Waals surface area contributed by atoms with E-state index >= 15 is 0 Å². The number of ether oxygens (including phenoxy) is 1. The van der Waals surface area contributed by atoms with Gasteiger partial charge in [0.1, 0.15) is 24.7 Å². The van der Waals surface area contributed by atoms with Gasteiger partial charge in [-0.15, -0.1) is 0 Å². The Morgan fingerprint density at radius 1 is 1.34 bits per heavy atom. The molecule has 1 aliphatic heterocycles. The smallest absolute Gasteiger partial charge is 0.248 e. The lowest BCUT2D eigenvalue weighted by molar-refractivity contribution is -0.115. The Morgan fingerprint density at radius 3 is 2.90 bits per heavy atom. The van der Waals surface area contributed by atoms with E-state index < -0.39 is 11.9 Å². The summed E-state index contributed by atoms with van der Waals surface area (Å²) < 4.78 is 8.56. The first-order valence-electron chi connectivity index (χ1n) is 8.78. The summed E-state index contributed by atoms with van der Waals surface area (Å²) in [5, 5.41) is 7.99. The second kappa shape index (κ2) is 7.88. The van der Waals surface area contributed by atoms with Crippen LogP contribution in [-0.2, 0) is 11.4 Å². The number of halogens is 2. The SMILES string of the molecule is CC1=C(C(N)=O)C(c2cc(Br)ccc2OCc2ccccc2Cl)n2ncnc2N1. The average Bonchev–Trinajstić information content (AvgIpc) is 3.14. The number of allylic oxidation sites excluding steroid dienone is 1. The van der Waals surface area contributed by atoms with Gasteiger partial charge in [-0.05, 0) is 31.2 Å². The summed E-state index contributed by atoms with van der Waals surface area (Å²) in [4.78, 5) is 16.5. The van der Waals surface area contributed by atoms with Gasteiger partial charge in [0.15, 0.2) is 0 Å². The molecule has 1 aromatic heterocycles. The van der Waals surface area contributed by atoms with Crippen molar-refractivity contribution in [1.82, 2.24) is 14.8 Å². The van der Waals surface area contributed by atoms with Crippen molar-refractivity contribution >= 4 is 39.4 Å². The van der Waals surface area contributed by atoms with Crippen LogP contribution in [0.15, 0.2) is 64.5 Å². The standard InChI is InChI=1S/C20H17BrClN5O2/c1-11-17(19(23)28)18(27-20(26-11)24-10-25-27)14-8-13(21)6-7-16(14)29-9-12-4-2-3-5-15(12)22/h2-8,10,18H,9H2,1H3,(H2,23,28)(H,24,25,26). The van der Waals surface area contributed by atoms with Crippen LogP contribution in [0.5, 0.6) is 5.75 Å². The Hall–Kier alpha value is -2.84. The number of nitrogens with two attached hydrogens (primary N) is 1. The normalized spacial score (nSPS) is 15.6.